The molecule has 0 bridgehead atoms. The van der Waals surface area contributed by atoms with Gasteiger partial charge in [-0.25, -0.2) is 0 Å². The minimum Gasteiger partial charge on any atom is -1.00 e. The van der Waals surface area contributed by atoms with Crippen molar-refractivity contribution in [2.75, 3.05) is 6.54 Å². The molecule has 0 fully saturated rings. The van der Waals surface area contributed by atoms with Crippen LogP contribution in [0, 0.1) is 6.92 Å². The summed E-state index contributed by atoms with van der Waals surface area (Å²) in [6, 6.07) is 2.82. The minimum atomic E-state index is -0.465. The van der Waals surface area contributed by atoms with Crippen LogP contribution < -0.4 is 34.9 Å². The zero-order valence-corrected chi connectivity index (χ0v) is 18.4. The van der Waals surface area contributed by atoms with Crippen LogP contribution in [0.3, 0.4) is 0 Å². The Balaban J connectivity index is 0.00000210. The number of phenolic OH excluding ortho intramolecular Hbond substituents is 2. The average molecular weight is 396 g/mol. The third kappa shape index (κ3) is 4.06. The van der Waals surface area contributed by atoms with Crippen molar-refractivity contribution in [3.63, 3.8) is 0 Å². The van der Waals surface area contributed by atoms with Gasteiger partial charge in [-0.15, -0.1) is 0 Å². The summed E-state index contributed by atoms with van der Waals surface area (Å²) in [7, 11) is 0. The van der Waals surface area contributed by atoms with Crippen molar-refractivity contribution < 1.29 is 55.0 Å². The summed E-state index contributed by atoms with van der Waals surface area (Å²) in [6.45, 7) is 7.59. The van der Waals surface area contributed by atoms with Crippen molar-refractivity contribution in [2.24, 2.45) is 0 Å². The van der Waals surface area contributed by atoms with E-state index < -0.39 is 5.91 Å². The van der Waals surface area contributed by atoms with Gasteiger partial charge in [-0.3, -0.25) is 4.79 Å². The van der Waals surface area contributed by atoms with E-state index in [1.165, 1.54) is 6.07 Å². The van der Waals surface area contributed by atoms with Crippen LogP contribution in [0.2, 0.25) is 0 Å². The number of aromatic nitrogens is 3. The fourth-order valence-electron chi connectivity index (χ4n) is 2.72. The molecule has 3 aromatic rings. The van der Waals surface area contributed by atoms with Crippen molar-refractivity contribution in [1.29, 1.82) is 0 Å². The molecule has 2 heterocycles. The van der Waals surface area contributed by atoms with E-state index in [-0.39, 0.29) is 76.8 Å². The van der Waals surface area contributed by atoms with Gasteiger partial charge in [-0.2, -0.15) is 4.98 Å². The summed E-state index contributed by atoms with van der Waals surface area (Å²) >= 11 is 0. The average Bonchev–Trinajstić information content (AvgIpc) is 3.20. The first-order valence-corrected chi connectivity index (χ1v) is 8.48. The predicted molar refractivity (Wildman–Crippen MR) is 96.5 cm³/mol. The van der Waals surface area contributed by atoms with Crippen molar-refractivity contribution >= 4 is 5.91 Å². The molecule has 0 aliphatic rings. The van der Waals surface area contributed by atoms with E-state index in [9.17, 15) is 15.0 Å². The molecule has 0 aliphatic heterocycles. The number of carbonyl (C=O) groups excluding carboxylic acids is 1. The zero-order valence-electron chi connectivity index (χ0n) is 17.4. The van der Waals surface area contributed by atoms with Gasteiger partial charge in [0.2, 0.25) is 11.7 Å². The van der Waals surface area contributed by atoms with E-state index in [1.54, 1.807) is 19.9 Å². The number of amides is 1. The van der Waals surface area contributed by atoms with Crippen LogP contribution in [-0.2, 0) is 0 Å². The van der Waals surface area contributed by atoms with Crippen LogP contribution in [0.15, 0.2) is 21.2 Å². The SMILES string of the molecule is CCNC(=O)c1noc(-c2cc(C(C)C)c(O)cc2O)c1-c1noc(C)n1.[H-].[Na+]. The minimum absolute atomic E-state index is 0. The molecule has 144 valence electrons. The van der Waals surface area contributed by atoms with Gasteiger partial charge in [0.05, 0.1) is 5.56 Å². The molecule has 0 atom stereocenters. The molecule has 10 heteroatoms. The monoisotopic (exact) mass is 396 g/mol. The smallest absolute Gasteiger partial charge is 1.00 e. The first-order valence-electron chi connectivity index (χ1n) is 8.48. The largest absolute Gasteiger partial charge is 1.00 e. The van der Waals surface area contributed by atoms with Crippen molar-refractivity contribution in [2.45, 2.75) is 33.6 Å². The van der Waals surface area contributed by atoms with Crippen molar-refractivity contribution in [3.8, 4) is 34.2 Å². The number of carbonyl (C=O) groups is 1. The molecule has 2 aromatic heterocycles. The number of benzene rings is 1. The molecular weight excluding hydrogens is 375 g/mol. The molecule has 28 heavy (non-hydrogen) atoms. The quantitative estimate of drug-likeness (QED) is 0.517. The Morgan fingerprint density at radius 2 is 1.93 bits per heavy atom. The van der Waals surface area contributed by atoms with E-state index in [1.807, 2.05) is 13.8 Å². The Morgan fingerprint density at radius 3 is 2.50 bits per heavy atom. The molecule has 0 saturated heterocycles. The van der Waals surface area contributed by atoms with E-state index in [0.29, 0.717) is 18.0 Å². The Bertz CT molecular complexity index is 1000. The number of nitrogens with zero attached hydrogens (tertiary/aromatic N) is 3. The Labute approximate surface area is 184 Å². The number of aromatic hydroxyl groups is 2. The van der Waals surface area contributed by atoms with E-state index in [4.69, 9.17) is 9.05 Å². The van der Waals surface area contributed by atoms with Crippen LogP contribution in [0.25, 0.3) is 22.7 Å². The molecule has 0 spiro atoms. The molecule has 1 amide bonds. The Hall–Kier alpha value is -2.36. The van der Waals surface area contributed by atoms with Crippen LogP contribution in [-0.4, -0.2) is 38.0 Å². The normalized spacial score (nSPS) is 10.8. The van der Waals surface area contributed by atoms with Crippen molar-refractivity contribution in [1.82, 2.24) is 20.6 Å². The molecule has 9 nitrogen and oxygen atoms in total. The van der Waals surface area contributed by atoms with Crippen LogP contribution in [0.1, 0.15) is 50.1 Å². The second kappa shape index (κ2) is 8.76. The van der Waals surface area contributed by atoms with Gasteiger partial charge < -0.3 is 26.0 Å². The zero-order chi connectivity index (χ0) is 19.7. The molecule has 3 N–H and O–H groups in total. The maximum absolute atomic E-state index is 12.4. The molecule has 1 aromatic carbocycles. The molecule has 0 aliphatic carbocycles. The number of hydrogen-bond acceptors (Lipinski definition) is 8. The van der Waals surface area contributed by atoms with Gasteiger partial charge in [0, 0.05) is 19.5 Å². The molecule has 3 rings (SSSR count). The summed E-state index contributed by atoms with van der Waals surface area (Å²) in [5, 5.41) is 30.8. The number of phenols is 2. The third-order valence-electron chi connectivity index (χ3n) is 4.01. The van der Waals surface area contributed by atoms with Gasteiger partial charge >= 0.3 is 29.6 Å². The maximum Gasteiger partial charge on any atom is 1.00 e. The Kier molecular flexibility index (Phi) is 6.87. The van der Waals surface area contributed by atoms with Gasteiger partial charge in [-0.05, 0) is 24.5 Å². The maximum atomic E-state index is 12.4. The van der Waals surface area contributed by atoms with Gasteiger partial charge in [0.1, 0.15) is 17.1 Å². The molecule has 0 saturated carbocycles. The van der Waals surface area contributed by atoms with Crippen LogP contribution in [0.4, 0.5) is 0 Å². The first kappa shape index (κ1) is 21.9. The summed E-state index contributed by atoms with van der Waals surface area (Å²) in [6.07, 6.45) is 0. The summed E-state index contributed by atoms with van der Waals surface area (Å²) in [4.78, 5) is 16.5. The second-order valence-corrected chi connectivity index (χ2v) is 6.31. The molecule has 0 radical (unpaired) electrons. The fourth-order valence-corrected chi connectivity index (χ4v) is 2.72. The van der Waals surface area contributed by atoms with Gasteiger partial charge in [0.15, 0.2) is 11.5 Å². The van der Waals surface area contributed by atoms with Crippen molar-refractivity contribution in [3.05, 3.63) is 29.3 Å². The van der Waals surface area contributed by atoms with Crippen LogP contribution in [0.5, 0.6) is 11.5 Å². The fraction of sp³-hybridized carbons (Fsp3) is 0.333. The van der Waals surface area contributed by atoms with E-state index in [0.717, 1.165) is 0 Å². The second-order valence-electron chi connectivity index (χ2n) is 6.31. The van der Waals surface area contributed by atoms with E-state index >= 15 is 0 Å². The number of rotatable bonds is 5. The number of nitrogens with one attached hydrogen (secondary N) is 1. The summed E-state index contributed by atoms with van der Waals surface area (Å²) in [5.74, 6) is -0.209. The Morgan fingerprint density at radius 1 is 1.21 bits per heavy atom. The van der Waals surface area contributed by atoms with Gasteiger partial charge in [0.25, 0.3) is 5.91 Å². The standard InChI is InChI=1S/C18H20N4O5.Na.H/c1-5-19-18(25)15-14(17-20-9(4)26-22-17)16(27-21-15)11-6-10(8(2)3)12(23)7-13(11)24;;/h6-8,23-24H,5H2,1-4H3,(H,19,25);;/q;+1;-1. The number of aryl methyl sites for hydroxylation is 1. The van der Waals surface area contributed by atoms with Gasteiger partial charge in [-0.1, -0.05) is 24.2 Å². The predicted octanol–water partition coefficient (Wildman–Crippen LogP) is 0.101. The summed E-state index contributed by atoms with van der Waals surface area (Å²) < 4.78 is 10.4. The van der Waals surface area contributed by atoms with Crippen LogP contribution >= 0.6 is 0 Å². The number of hydrogen-bond donors (Lipinski definition) is 3. The molecule has 0 unspecified atom stereocenters. The summed E-state index contributed by atoms with van der Waals surface area (Å²) in [5.41, 5.74) is 1.05. The molecular formula is C18H21N4NaO5. The topological polar surface area (TPSA) is 135 Å². The first-order chi connectivity index (χ1) is 12.8. The third-order valence-corrected chi connectivity index (χ3v) is 4.01. The van der Waals surface area contributed by atoms with E-state index in [2.05, 4.69) is 20.6 Å².